The highest BCUT2D eigenvalue weighted by Crippen LogP contribution is 2.36. The summed E-state index contributed by atoms with van der Waals surface area (Å²) in [6.45, 7) is 2.66. The number of ether oxygens (including phenoxy) is 2. The van der Waals surface area contributed by atoms with Crippen LogP contribution in [0, 0.1) is 5.92 Å². The monoisotopic (exact) mass is 577 g/mol. The molecule has 220 valence electrons. The Bertz CT molecular complexity index is 1690. The maximum atomic E-state index is 11.4. The number of pyridine rings is 1. The molecule has 3 heterocycles. The van der Waals surface area contributed by atoms with E-state index < -0.39 is 6.09 Å². The van der Waals surface area contributed by atoms with Crippen LogP contribution in [0.15, 0.2) is 91.0 Å². The molecule has 1 atom stereocenters. The van der Waals surface area contributed by atoms with Gasteiger partial charge in [-0.05, 0) is 54.2 Å². The molecule has 1 fully saturated rings. The van der Waals surface area contributed by atoms with Crippen molar-refractivity contribution in [2.45, 2.75) is 26.1 Å². The molecule has 1 saturated heterocycles. The highest BCUT2D eigenvalue weighted by molar-refractivity contribution is 5.96. The number of anilines is 1. The van der Waals surface area contributed by atoms with Crippen LogP contribution in [-0.4, -0.2) is 50.5 Å². The summed E-state index contributed by atoms with van der Waals surface area (Å²) in [5.74, 6) is 1.21. The van der Waals surface area contributed by atoms with Crippen molar-refractivity contribution in [1.29, 1.82) is 0 Å². The van der Waals surface area contributed by atoms with Gasteiger partial charge in [-0.3, -0.25) is 4.68 Å². The maximum Gasteiger partial charge on any atom is 0.407 e. The number of hydrogen-bond donors (Lipinski definition) is 2. The Hall–Kier alpha value is -5.05. The van der Waals surface area contributed by atoms with Gasteiger partial charge in [-0.2, -0.15) is 10.1 Å². The maximum absolute atomic E-state index is 11.4. The molecule has 1 amide bonds. The number of nitrogens with one attached hydrogen (secondary N) is 1. The molecule has 1 aliphatic heterocycles. The van der Waals surface area contributed by atoms with E-state index in [0.717, 1.165) is 51.8 Å². The van der Waals surface area contributed by atoms with Crippen molar-refractivity contribution in [3.8, 4) is 23.0 Å². The van der Waals surface area contributed by atoms with Gasteiger partial charge in [-0.25, -0.2) is 4.79 Å². The fourth-order valence-corrected chi connectivity index (χ4v) is 5.49. The van der Waals surface area contributed by atoms with Gasteiger partial charge in [-0.1, -0.05) is 60.7 Å². The lowest BCUT2D eigenvalue weighted by atomic mass is 9.98. The van der Waals surface area contributed by atoms with E-state index in [-0.39, 0.29) is 5.92 Å². The molecule has 9 nitrogen and oxygen atoms in total. The summed E-state index contributed by atoms with van der Waals surface area (Å²) in [6, 6.07) is 30.0. The van der Waals surface area contributed by atoms with Crippen LogP contribution in [0.3, 0.4) is 0 Å². The lowest BCUT2D eigenvalue weighted by molar-refractivity contribution is 0.122. The van der Waals surface area contributed by atoms with Crippen LogP contribution in [0.2, 0.25) is 0 Å². The van der Waals surface area contributed by atoms with Crippen molar-refractivity contribution in [3.05, 3.63) is 102 Å². The van der Waals surface area contributed by atoms with E-state index in [1.165, 1.54) is 4.90 Å². The summed E-state index contributed by atoms with van der Waals surface area (Å²) < 4.78 is 14.2. The van der Waals surface area contributed by atoms with E-state index in [9.17, 15) is 9.90 Å². The highest BCUT2D eigenvalue weighted by Gasteiger charge is 2.23. The first-order valence-corrected chi connectivity index (χ1v) is 14.6. The van der Waals surface area contributed by atoms with Crippen LogP contribution in [-0.2, 0) is 20.3 Å². The summed E-state index contributed by atoms with van der Waals surface area (Å²) in [4.78, 5) is 17.7. The Morgan fingerprint density at radius 1 is 0.953 bits per heavy atom. The van der Waals surface area contributed by atoms with Crippen molar-refractivity contribution in [2.24, 2.45) is 13.0 Å². The topological polar surface area (TPSA) is 102 Å². The second-order valence-corrected chi connectivity index (χ2v) is 10.9. The van der Waals surface area contributed by atoms with Crippen molar-refractivity contribution in [3.63, 3.8) is 0 Å². The number of nitrogens with zero attached hydrogens (tertiary/aromatic N) is 4. The molecule has 9 heteroatoms. The summed E-state index contributed by atoms with van der Waals surface area (Å²) in [7, 11) is 1.93. The van der Waals surface area contributed by atoms with Gasteiger partial charge in [0.15, 0.2) is 0 Å². The third kappa shape index (κ3) is 6.72. The van der Waals surface area contributed by atoms with Gasteiger partial charge in [0.2, 0.25) is 11.8 Å². The normalized spacial score (nSPS) is 14.9. The zero-order valence-corrected chi connectivity index (χ0v) is 24.1. The Morgan fingerprint density at radius 3 is 2.40 bits per heavy atom. The molecule has 2 aromatic heterocycles. The summed E-state index contributed by atoms with van der Waals surface area (Å²) >= 11 is 0. The van der Waals surface area contributed by atoms with Crippen LogP contribution < -0.4 is 14.8 Å². The first-order valence-electron chi connectivity index (χ1n) is 14.6. The molecule has 0 radical (unpaired) electrons. The van der Waals surface area contributed by atoms with Crippen LogP contribution in [0.25, 0.3) is 22.2 Å². The van der Waals surface area contributed by atoms with Gasteiger partial charge in [0.25, 0.3) is 0 Å². The lowest BCUT2D eigenvalue weighted by Gasteiger charge is -2.31. The van der Waals surface area contributed by atoms with Crippen LogP contribution in [0.4, 0.5) is 10.5 Å². The number of rotatable bonds is 10. The number of likely N-dealkylation sites (tertiary alicyclic amines) is 1. The van der Waals surface area contributed by atoms with Crippen LogP contribution >= 0.6 is 0 Å². The van der Waals surface area contributed by atoms with Crippen molar-refractivity contribution < 1.29 is 19.4 Å². The first-order chi connectivity index (χ1) is 21.0. The van der Waals surface area contributed by atoms with Gasteiger partial charge in [-0.15, -0.1) is 0 Å². The number of aryl methyl sites for hydroxylation is 1. The molecular formula is C34H35N5O4. The van der Waals surface area contributed by atoms with E-state index in [1.807, 2.05) is 90.6 Å². The molecule has 0 saturated carbocycles. The van der Waals surface area contributed by atoms with E-state index in [4.69, 9.17) is 19.6 Å². The smallest absolute Gasteiger partial charge is 0.407 e. The zero-order chi connectivity index (χ0) is 29.6. The van der Waals surface area contributed by atoms with Crippen LogP contribution in [0.5, 0.6) is 11.8 Å². The molecule has 5 aromatic rings. The number of benzene rings is 3. The number of hydrogen-bond acceptors (Lipinski definition) is 6. The fourth-order valence-electron chi connectivity index (χ4n) is 5.49. The van der Waals surface area contributed by atoms with Crippen molar-refractivity contribution in [1.82, 2.24) is 19.7 Å². The average molecular weight is 578 g/mol. The summed E-state index contributed by atoms with van der Waals surface area (Å²) in [6.07, 6.45) is 1.06. The van der Waals surface area contributed by atoms with E-state index >= 15 is 0 Å². The highest BCUT2D eigenvalue weighted by atomic mass is 16.5. The quantitative estimate of drug-likeness (QED) is 0.193. The molecule has 1 unspecified atom stereocenters. The Balaban J connectivity index is 1.24. The predicted molar refractivity (Wildman–Crippen MR) is 166 cm³/mol. The first kappa shape index (κ1) is 28.1. The van der Waals surface area contributed by atoms with Gasteiger partial charge in [0, 0.05) is 43.8 Å². The molecule has 43 heavy (non-hydrogen) atoms. The van der Waals surface area contributed by atoms with E-state index in [0.29, 0.717) is 44.6 Å². The number of fused-ring (bicyclic) bond motifs is 1. The van der Waals surface area contributed by atoms with Crippen molar-refractivity contribution in [2.75, 3.05) is 25.0 Å². The number of aromatic nitrogens is 3. The SMILES string of the molecule is Cn1nc(-c2ccc(OCc3ccccc3)nc2OCc2ccccc2)c2ccc(NCC3CCCN(C(=O)O)C3)cc21. The molecule has 0 aliphatic carbocycles. The van der Waals surface area contributed by atoms with Crippen LogP contribution in [0.1, 0.15) is 24.0 Å². The van der Waals surface area contributed by atoms with Gasteiger partial charge < -0.3 is 24.8 Å². The second-order valence-electron chi connectivity index (χ2n) is 10.9. The van der Waals surface area contributed by atoms with Gasteiger partial charge in [0.1, 0.15) is 18.9 Å². The Morgan fingerprint density at radius 2 is 1.67 bits per heavy atom. The molecular weight excluding hydrogens is 542 g/mol. The molecule has 6 rings (SSSR count). The standard InChI is InChI=1S/C34H35N5O4/c1-38-30-19-27(35-20-26-13-8-18-39(21-26)34(40)41)14-15-28(30)32(37-38)29-16-17-31(42-22-24-9-4-2-5-10-24)36-33(29)43-23-25-11-6-3-7-12-25/h2-7,9-12,14-17,19,26,35H,8,13,18,20-23H2,1H3,(H,40,41). The molecule has 2 N–H and O–H groups in total. The number of piperidine rings is 1. The molecule has 1 aliphatic rings. The van der Waals surface area contributed by atoms with Gasteiger partial charge >= 0.3 is 6.09 Å². The Kier molecular flexibility index (Phi) is 8.40. The van der Waals surface area contributed by atoms with E-state index in [2.05, 4.69) is 17.4 Å². The number of carboxylic acid groups (broad SMARTS) is 1. The second kappa shape index (κ2) is 12.9. The molecule has 0 bridgehead atoms. The molecule has 0 spiro atoms. The minimum Gasteiger partial charge on any atom is -0.473 e. The Labute approximate surface area is 250 Å². The third-order valence-corrected chi connectivity index (χ3v) is 7.77. The van der Waals surface area contributed by atoms with Crippen molar-refractivity contribution >= 4 is 22.7 Å². The molecule has 3 aromatic carbocycles. The third-order valence-electron chi connectivity index (χ3n) is 7.77. The summed E-state index contributed by atoms with van der Waals surface area (Å²) in [5, 5.41) is 18.7. The summed E-state index contributed by atoms with van der Waals surface area (Å²) in [5.41, 5.74) is 5.59. The average Bonchev–Trinajstić information content (AvgIpc) is 3.38. The minimum atomic E-state index is -0.842. The largest absolute Gasteiger partial charge is 0.473 e. The number of amides is 1. The lowest BCUT2D eigenvalue weighted by Crippen LogP contribution is -2.41. The fraction of sp³-hybridized carbons (Fsp3) is 0.265. The number of carbonyl (C=O) groups is 1. The minimum absolute atomic E-state index is 0.278. The zero-order valence-electron chi connectivity index (χ0n) is 24.1. The van der Waals surface area contributed by atoms with Gasteiger partial charge in [0.05, 0.1) is 11.1 Å². The predicted octanol–water partition coefficient (Wildman–Crippen LogP) is 6.60. The van der Waals surface area contributed by atoms with E-state index in [1.54, 1.807) is 0 Å².